The molecule has 0 aliphatic carbocycles. The lowest BCUT2D eigenvalue weighted by atomic mass is 9.96. The third-order valence-corrected chi connectivity index (χ3v) is 6.59. The quantitative estimate of drug-likeness (QED) is 0.305. The van der Waals surface area contributed by atoms with E-state index in [4.69, 9.17) is 0 Å². The predicted molar refractivity (Wildman–Crippen MR) is 120 cm³/mol. The largest absolute Gasteiger partial charge is 0.134 e. The standard InChI is InChI=1S/C26H20S/c1-2-18-10-6-7-13-20(18)22-15-9-17-24-23-16-8-14-21(25(23)27-26(22)24)19-11-4-3-5-12-19/h3-17H,2H2,1H3. The highest BCUT2D eigenvalue weighted by Crippen LogP contribution is 2.44. The van der Waals surface area contributed by atoms with Gasteiger partial charge in [0.2, 0.25) is 0 Å². The fourth-order valence-electron chi connectivity index (χ4n) is 3.97. The Kier molecular flexibility index (Phi) is 4.03. The van der Waals surface area contributed by atoms with E-state index in [-0.39, 0.29) is 0 Å². The van der Waals surface area contributed by atoms with E-state index in [1.807, 2.05) is 11.3 Å². The molecule has 130 valence electrons. The Morgan fingerprint density at radius 3 is 1.89 bits per heavy atom. The van der Waals surface area contributed by atoms with Crippen LogP contribution in [0.1, 0.15) is 12.5 Å². The third kappa shape index (κ3) is 2.67. The summed E-state index contributed by atoms with van der Waals surface area (Å²) in [6.07, 6.45) is 1.05. The fraction of sp³-hybridized carbons (Fsp3) is 0.0769. The van der Waals surface area contributed by atoms with E-state index in [9.17, 15) is 0 Å². The lowest BCUT2D eigenvalue weighted by Crippen LogP contribution is -1.86. The summed E-state index contributed by atoms with van der Waals surface area (Å²) in [5, 5.41) is 2.71. The maximum absolute atomic E-state index is 2.27. The molecule has 0 spiro atoms. The van der Waals surface area contributed by atoms with E-state index in [2.05, 4.69) is 97.9 Å². The summed E-state index contributed by atoms with van der Waals surface area (Å²) < 4.78 is 2.76. The van der Waals surface area contributed by atoms with Gasteiger partial charge in [0.15, 0.2) is 0 Å². The summed E-state index contributed by atoms with van der Waals surface area (Å²) in [6.45, 7) is 2.23. The Morgan fingerprint density at radius 2 is 1.15 bits per heavy atom. The maximum atomic E-state index is 2.27. The second-order valence-electron chi connectivity index (χ2n) is 6.84. The van der Waals surface area contributed by atoms with Crippen LogP contribution in [0.15, 0.2) is 91.0 Å². The number of thiophene rings is 1. The minimum atomic E-state index is 1.05. The zero-order valence-electron chi connectivity index (χ0n) is 15.3. The fourth-order valence-corrected chi connectivity index (χ4v) is 5.33. The van der Waals surface area contributed by atoms with E-state index in [1.165, 1.54) is 48.0 Å². The van der Waals surface area contributed by atoms with Gasteiger partial charge in [0.05, 0.1) is 0 Å². The van der Waals surface area contributed by atoms with E-state index in [1.54, 1.807) is 0 Å². The number of hydrogen-bond donors (Lipinski definition) is 0. The molecule has 0 N–H and O–H groups in total. The van der Waals surface area contributed by atoms with Crippen molar-refractivity contribution in [3.8, 4) is 22.3 Å². The third-order valence-electron chi connectivity index (χ3n) is 5.30. The number of rotatable bonds is 3. The predicted octanol–water partition coefficient (Wildman–Crippen LogP) is 7.95. The molecule has 0 radical (unpaired) electrons. The summed E-state index contributed by atoms with van der Waals surface area (Å²) in [6, 6.07) is 32.9. The molecular weight excluding hydrogens is 344 g/mol. The van der Waals surface area contributed by atoms with E-state index in [0.29, 0.717) is 0 Å². The highest BCUT2D eigenvalue weighted by molar-refractivity contribution is 7.26. The SMILES string of the molecule is CCc1ccccc1-c1cccc2c1sc1c(-c3ccccc3)cccc12. The topological polar surface area (TPSA) is 0 Å². The lowest BCUT2D eigenvalue weighted by molar-refractivity contribution is 1.14. The van der Waals surface area contributed by atoms with Crippen LogP contribution in [0, 0.1) is 0 Å². The van der Waals surface area contributed by atoms with Crippen molar-refractivity contribution in [1.29, 1.82) is 0 Å². The Morgan fingerprint density at radius 1 is 0.556 bits per heavy atom. The summed E-state index contributed by atoms with van der Waals surface area (Å²) in [5.74, 6) is 0. The minimum Gasteiger partial charge on any atom is -0.134 e. The molecule has 0 amide bonds. The Bertz CT molecular complexity index is 1250. The van der Waals surface area contributed by atoms with Crippen molar-refractivity contribution in [1.82, 2.24) is 0 Å². The van der Waals surface area contributed by atoms with Crippen LogP contribution < -0.4 is 0 Å². The molecule has 0 saturated carbocycles. The second kappa shape index (κ2) is 6.68. The molecular formula is C26H20S. The molecule has 5 aromatic rings. The van der Waals surface area contributed by atoms with Gasteiger partial charge in [-0.1, -0.05) is 97.9 Å². The molecule has 0 aliphatic rings. The van der Waals surface area contributed by atoms with Crippen molar-refractivity contribution in [2.24, 2.45) is 0 Å². The van der Waals surface area contributed by atoms with E-state index in [0.717, 1.165) is 6.42 Å². The summed E-state index contributed by atoms with van der Waals surface area (Å²) in [5.41, 5.74) is 6.73. The van der Waals surface area contributed by atoms with Crippen molar-refractivity contribution in [2.45, 2.75) is 13.3 Å². The molecule has 0 bridgehead atoms. The number of aryl methyl sites for hydroxylation is 1. The van der Waals surface area contributed by atoms with Crippen LogP contribution in [0.2, 0.25) is 0 Å². The molecule has 4 aromatic carbocycles. The Hall–Kier alpha value is -2.90. The summed E-state index contributed by atoms with van der Waals surface area (Å²) in [4.78, 5) is 0. The zero-order chi connectivity index (χ0) is 18.2. The molecule has 0 saturated heterocycles. The van der Waals surface area contributed by atoms with Gasteiger partial charge < -0.3 is 0 Å². The van der Waals surface area contributed by atoms with Gasteiger partial charge in [-0.2, -0.15) is 0 Å². The number of benzene rings is 4. The maximum Gasteiger partial charge on any atom is 0.0434 e. The lowest BCUT2D eigenvalue weighted by Gasteiger charge is -2.08. The Balaban J connectivity index is 1.84. The summed E-state index contributed by atoms with van der Waals surface area (Å²) >= 11 is 1.92. The van der Waals surface area contributed by atoms with Crippen LogP contribution >= 0.6 is 11.3 Å². The highest BCUT2D eigenvalue weighted by atomic mass is 32.1. The molecule has 0 nitrogen and oxygen atoms in total. The Labute approximate surface area is 163 Å². The van der Waals surface area contributed by atoms with Crippen LogP contribution in [0.3, 0.4) is 0 Å². The first kappa shape index (κ1) is 16.3. The average molecular weight is 365 g/mol. The second-order valence-corrected chi connectivity index (χ2v) is 7.86. The molecule has 0 atom stereocenters. The van der Waals surface area contributed by atoms with Gasteiger partial charge >= 0.3 is 0 Å². The smallest absolute Gasteiger partial charge is 0.0434 e. The van der Waals surface area contributed by atoms with Gasteiger partial charge in [0.1, 0.15) is 0 Å². The minimum absolute atomic E-state index is 1.05. The first-order valence-electron chi connectivity index (χ1n) is 9.44. The van der Waals surface area contributed by atoms with Gasteiger partial charge in [-0.3, -0.25) is 0 Å². The molecule has 5 rings (SSSR count). The molecule has 27 heavy (non-hydrogen) atoms. The van der Waals surface area contributed by atoms with Gasteiger partial charge in [-0.05, 0) is 34.2 Å². The van der Waals surface area contributed by atoms with Crippen LogP contribution in [0.4, 0.5) is 0 Å². The van der Waals surface area contributed by atoms with Gasteiger partial charge in [0.25, 0.3) is 0 Å². The van der Waals surface area contributed by atoms with Crippen molar-refractivity contribution < 1.29 is 0 Å². The number of fused-ring (bicyclic) bond motifs is 3. The monoisotopic (exact) mass is 364 g/mol. The molecule has 0 fully saturated rings. The molecule has 0 unspecified atom stereocenters. The molecule has 1 aromatic heterocycles. The summed E-state index contributed by atoms with van der Waals surface area (Å²) in [7, 11) is 0. The van der Waals surface area contributed by atoms with Crippen LogP contribution in [-0.2, 0) is 6.42 Å². The van der Waals surface area contributed by atoms with Gasteiger partial charge in [-0.15, -0.1) is 11.3 Å². The van der Waals surface area contributed by atoms with E-state index < -0.39 is 0 Å². The van der Waals surface area contributed by atoms with Crippen molar-refractivity contribution >= 4 is 31.5 Å². The highest BCUT2D eigenvalue weighted by Gasteiger charge is 2.14. The zero-order valence-corrected chi connectivity index (χ0v) is 16.1. The molecule has 1 heteroatoms. The van der Waals surface area contributed by atoms with Crippen LogP contribution in [0.5, 0.6) is 0 Å². The van der Waals surface area contributed by atoms with Crippen molar-refractivity contribution in [3.63, 3.8) is 0 Å². The van der Waals surface area contributed by atoms with Crippen molar-refractivity contribution in [2.75, 3.05) is 0 Å². The first-order valence-corrected chi connectivity index (χ1v) is 10.3. The van der Waals surface area contributed by atoms with Crippen molar-refractivity contribution in [3.05, 3.63) is 96.6 Å². The normalized spacial score (nSPS) is 11.3. The van der Waals surface area contributed by atoms with Crippen LogP contribution in [0.25, 0.3) is 42.4 Å². The average Bonchev–Trinajstić information content (AvgIpc) is 3.13. The number of hydrogen-bond acceptors (Lipinski definition) is 1. The van der Waals surface area contributed by atoms with Crippen LogP contribution in [-0.4, -0.2) is 0 Å². The van der Waals surface area contributed by atoms with Gasteiger partial charge in [-0.25, -0.2) is 0 Å². The van der Waals surface area contributed by atoms with E-state index >= 15 is 0 Å². The first-order chi connectivity index (χ1) is 13.4. The van der Waals surface area contributed by atoms with Gasteiger partial charge in [0, 0.05) is 20.2 Å². The molecule has 1 heterocycles. The molecule has 0 aliphatic heterocycles.